The molecular weight excluding hydrogens is 482 g/mol. The molecule has 3 heterocycles. The summed E-state index contributed by atoms with van der Waals surface area (Å²) in [5.74, 6) is 0.663. The standard InChI is InChI=1S/C30H37N3O5/c1-4-36-25-15-10-8-13-21(25)29-28-22(20-12-7-9-14-23(20)31-28)18-24-30(35)32(19-26(34)33(24)29)17-11-16-27(37-5-2)38-6-3/h7-10,12-15,24,27,29,31H,4-6,11,16-19H2,1-3H3/t24-,29?/m0/s1. The number of benzene rings is 2. The second-order valence-corrected chi connectivity index (χ2v) is 9.70. The van der Waals surface area contributed by atoms with Crippen molar-refractivity contribution in [2.75, 3.05) is 32.9 Å². The summed E-state index contributed by atoms with van der Waals surface area (Å²) in [4.78, 5) is 34.8. The molecule has 2 aliphatic heterocycles. The van der Waals surface area contributed by atoms with Gasteiger partial charge in [-0.05, 0) is 44.9 Å². The molecule has 38 heavy (non-hydrogen) atoms. The van der Waals surface area contributed by atoms with Gasteiger partial charge in [-0.15, -0.1) is 0 Å². The highest BCUT2D eigenvalue weighted by atomic mass is 16.7. The van der Waals surface area contributed by atoms with Crippen molar-refractivity contribution in [1.29, 1.82) is 0 Å². The van der Waals surface area contributed by atoms with E-state index in [1.807, 2.05) is 63.2 Å². The minimum atomic E-state index is -0.572. The highest BCUT2D eigenvalue weighted by Gasteiger charge is 2.48. The van der Waals surface area contributed by atoms with Crippen molar-refractivity contribution in [3.63, 3.8) is 0 Å². The van der Waals surface area contributed by atoms with E-state index in [9.17, 15) is 9.59 Å². The first kappa shape index (κ1) is 26.3. The molecule has 0 bridgehead atoms. The van der Waals surface area contributed by atoms with Crippen LogP contribution in [-0.4, -0.2) is 71.8 Å². The number of piperazine rings is 1. The number of nitrogens with one attached hydrogen (secondary N) is 1. The molecule has 3 aromatic rings. The van der Waals surface area contributed by atoms with Gasteiger partial charge in [0.15, 0.2) is 6.29 Å². The Labute approximate surface area is 223 Å². The van der Waals surface area contributed by atoms with E-state index in [2.05, 4.69) is 11.1 Å². The number of para-hydroxylation sites is 2. The summed E-state index contributed by atoms with van der Waals surface area (Å²) < 4.78 is 17.3. The quantitative estimate of drug-likeness (QED) is 0.379. The summed E-state index contributed by atoms with van der Waals surface area (Å²) in [6.07, 6.45) is 1.56. The Morgan fingerprint density at radius 1 is 0.974 bits per heavy atom. The molecule has 2 aromatic carbocycles. The molecule has 1 unspecified atom stereocenters. The number of carbonyl (C=O) groups is 2. The van der Waals surface area contributed by atoms with Gasteiger partial charge in [-0.2, -0.15) is 0 Å². The van der Waals surface area contributed by atoms with Gasteiger partial charge in [0.1, 0.15) is 17.8 Å². The first-order valence-electron chi connectivity index (χ1n) is 13.7. The zero-order valence-electron chi connectivity index (χ0n) is 22.4. The lowest BCUT2D eigenvalue weighted by Gasteiger charge is -2.47. The van der Waals surface area contributed by atoms with Crippen LogP contribution in [0.25, 0.3) is 10.9 Å². The fourth-order valence-corrected chi connectivity index (χ4v) is 5.87. The van der Waals surface area contributed by atoms with Gasteiger partial charge >= 0.3 is 0 Å². The van der Waals surface area contributed by atoms with E-state index in [1.165, 1.54) is 0 Å². The van der Waals surface area contributed by atoms with E-state index in [-0.39, 0.29) is 24.6 Å². The number of rotatable bonds is 11. The number of ether oxygens (including phenoxy) is 3. The van der Waals surface area contributed by atoms with E-state index in [1.54, 1.807) is 9.80 Å². The number of amides is 2. The summed E-state index contributed by atoms with van der Waals surface area (Å²) >= 11 is 0. The number of carbonyl (C=O) groups excluding carboxylic acids is 2. The molecule has 5 rings (SSSR count). The van der Waals surface area contributed by atoms with Crippen LogP contribution in [0, 0.1) is 0 Å². The topological polar surface area (TPSA) is 84.1 Å². The summed E-state index contributed by atoms with van der Waals surface area (Å²) in [7, 11) is 0. The second-order valence-electron chi connectivity index (χ2n) is 9.70. The van der Waals surface area contributed by atoms with Crippen LogP contribution in [0.1, 0.15) is 56.5 Å². The Kier molecular flexibility index (Phi) is 8.00. The smallest absolute Gasteiger partial charge is 0.246 e. The van der Waals surface area contributed by atoms with Gasteiger partial charge in [0.2, 0.25) is 11.8 Å². The predicted octanol–water partition coefficient (Wildman–Crippen LogP) is 4.43. The summed E-state index contributed by atoms with van der Waals surface area (Å²) in [5.41, 5.74) is 3.94. The SMILES string of the molecule is CCOc1ccccc1C1c2[nH]c3ccccc3c2C[C@H]2C(=O)N(CCCC(OCC)OCC)CC(=O)N12. The van der Waals surface area contributed by atoms with Gasteiger partial charge in [0, 0.05) is 54.8 Å². The van der Waals surface area contributed by atoms with Crippen molar-refractivity contribution in [1.82, 2.24) is 14.8 Å². The van der Waals surface area contributed by atoms with Crippen LogP contribution in [0.2, 0.25) is 0 Å². The van der Waals surface area contributed by atoms with Gasteiger partial charge in [-0.1, -0.05) is 36.4 Å². The first-order chi connectivity index (χ1) is 18.6. The molecule has 8 nitrogen and oxygen atoms in total. The number of fused-ring (bicyclic) bond motifs is 4. The second kappa shape index (κ2) is 11.6. The van der Waals surface area contributed by atoms with Crippen molar-refractivity contribution >= 4 is 22.7 Å². The Balaban J connectivity index is 1.48. The lowest BCUT2D eigenvalue weighted by molar-refractivity contribution is -0.159. The molecule has 0 saturated carbocycles. The van der Waals surface area contributed by atoms with Crippen molar-refractivity contribution in [2.24, 2.45) is 0 Å². The van der Waals surface area contributed by atoms with Gasteiger partial charge in [-0.25, -0.2) is 0 Å². The molecule has 1 aromatic heterocycles. The van der Waals surface area contributed by atoms with E-state index in [0.29, 0.717) is 45.6 Å². The first-order valence-corrected chi connectivity index (χ1v) is 13.7. The van der Waals surface area contributed by atoms with Gasteiger partial charge < -0.3 is 29.0 Å². The number of hydrogen-bond donors (Lipinski definition) is 1. The van der Waals surface area contributed by atoms with Crippen LogP contribution in [0.15, 0.2) is 48.5 Å². The third kappa shape index (κ3) is 4.90. The van der Waals surface area contributed by atoms with Crippen molar-refractivity contribution in [3.05, 3.63) is 65.4 Å². The zero-order chi connectivity index (χ0) is 26.6. The maximum atomic E-state index is 13.9. The number of aromatic amines is 1. The van der Waals surface area contributed by atoms with Crippen molar-refractivity contribution < 1.29 is 23.8 Å². The maximum Gasteiger partial charge on any atom is 0.246 e. The van der Waals surface area contributed by atoms with Crippen LogP contribution in [0.4, 0.5) is 0 Å². The Morgan fingerprint density at radius 3 is 2.47 bits per heavy atom. The molecule has 1 N–H and O–H groups in total. The summed E-state index contributed by atoms with van der Waals surface area (Å²) in [6.45, 7) is 8.03. The predicted molar refractivity (Wildman–Crippen MR) is 145 cm³/mol. The maximum absolute atomic E-state index is 13.9. The molecule has 2 atom stereocenters. The minimum Gasteiger partial charge on any atom is -0.494 e. The lowest BCUT2D eigenvalue weighted by atomic mass is 9.86. The molecule has 1 fully saturated rings. The summed E-state index contributed by atoms with van der Waals surface area (Å²) in [6, 6.07) is 15.0. The molecule has 0 spiro atoms. The highest BCUT2D eigenvalue weighted by molar-refractivity contribution is 5.97. The molecule has 0 radical (unpaired) electrons. The monoisotopic (exact) mass is 519 g/mol. The van der Waals surface area contributed by atoms with Crippen LogP contribution < -0.4 is 4.74 Å². The largest absolute Gasteiger partial charge is 0.494 e. The highest BCUT2D eigenvalue weighted by Crippen LogP contribution is 2.44. The van der Waals surface area contributed by atoms with Crippen LogP contribution >= 0.6 is 0 Å². The average molecular weight is 520 g/mol. The molecular formula is C30H37N3O5. The Bertz CT molecular complexity index is 1280. The van der Waals surface area contributed by atoms with Gasteiger partial charge in [-0.3, -0.25) is 9.59 Å². The minimum absolute atomic E-state index is 0.0104. The Morgan fingerprint density at radius 2 is 1.71 bits per heavy atom. The van der Waals surface area contributed by atoms with E-state index in [4.69, 9.17) is 14.2 Å². The number of aromatic nitrogens is 1. The van der Waals surface area contributed by atoms with Crippen molar-refractivity contribution in [3.8, 4) is 5.75 Å². The van der Waals surface area contributed by atoms with E-state index >= 15 is 0 Å². The van der Waals surface area contributed by atoms with E-state index in [0.717, 1.165) is 33.5 Å². The fourth-order valence-electron chi connectivity index (χ4n) is 5.87. The van der Waals surface area contributed by atoms with Gasteiger partial charge in [0.05, 0.1) is 13.2 Å². The molecule has 2 aliphatic rings. The van der Waals surface area contributed by atoms with Crippen molar-refractivity contribution in [2.45, 2.75) is 58.4 Å². The lowest BCUT2D eigenvalue weighted by Crippen LogP contribution is -2.63. The summed E-state index contributed by atoms with van der Waals surface area (Å²) in [5, 5.41) is 1.09. The molecule has 8 heteroatoms. The van der Waals surface area contributed by atoms with Crippen LogP contribution in [0.3, 0.4) is 0 Å². The molecule has 0 aliphatic carbocycles. The van der Waals surface area contributed by atoms with Crippen LogP contribution in [0.5, 0.6) is 5.75 Å². The molecule has 202 valence electrons. The molecule has 2 amide bonds. The Hall–Kier alpha value is -3.36. The molecule has 1 saturated heterocycles. The average Bonchev–Trinajstić information content (AvgIpc) is 3.29. The van der Waals surface area contributed by atoms with Crippen LogP contribution in [-0.2, 0) is 25.5 Å². The third-order valence-corrected chi connectivity index (χ3v) is 7.43. The number of nitrogens with zero attached hydrogens (tertiary/aromatic N) is 2. The number of hydrogen-bond acceptors (Lipinski definition) is 5. The number of H-pyrrole nitrogens is 1. The third-order valence-electron chi connectivity index (χ3n) is 7.43. The van der Waals surface area contributed by atoms with Gasteiger partial charge in [0.25, 0.3) is 0 Å². The normalized spacial score (nSPS) is 19.3. The fraction of sp³-hybridized carbons (Fsp3) is 0.467. The van der Waals surface area contributed by atoms with E-state index < -0.39 is 12.1 Å². The zero-order valence-corrected chi connectivity index (χ0v) is 22.4.